The molecule has 0 aliphatic heterocycles. The van der Waals surface area contributed by atoms with Gasteiger partial charge in [-0.2, -0.15) is 0 Å². The number of rotatable bonds is 8. The largest absolute Gasteiger partial charge is 0.325 e. The highest BCUT2D eigenvalue weighted by atomic mass is 32.2. The SMILES string of the molecule is O=C(C=Cc1ccccc1)Nc1nnc(SCC(=O)Nc2cccc([N+](=O)[O-])c2)s1. The van der Waals surface area contributed by atoms with Gasteiger partial charge in [0.25, 0.3) is 5.69 Å². The number of nitrogens with one attached hydrogen (secondary N) is 2. The van der Waals surface area contributed by atoms with Crippen molar-refractivity contribution in [1.82, 2.24) is 10.2 Å². The topological polar surface area (TPSA) is 127 Å². The van der Waals surface area contributed by atoms with Crippen molar-refractivity contribution >= 4 is 57.5 Å². The molecule has 0 unspecified atom stereocenters. The summed E-state index contributed by atoms with van der Waals surface area (Å²) in [6.45, 7) is 0. The molecule has 0 saturated carbocycles. The molecule has 2 aromatic carbocycles. The van der Waals surface area contributed by atoms with E-state index in [1.807, 2.05) is 30.3 Å². The molecule has 0 saturated heterocycles. The molecule has 2 N–H and O–H groups in total. The van der Waals surface area contributed by atoms with Gasteiger partial charge in [0.1, 0.15) is 0 Å². The van der Waals surface area contributed by atoms with Crippen molar-refractivity contribution in [2.75, 3.05) is 16.4 Å². The molecule has 30 heavy (non-hydrogen) atoms. The zero-order valence-electron chi connectivity index (χ0n) is 15.3. The quantitative estimate of drug-likeness (QED) is 0.179. The van der Waals surface area contributed by atoms with E-state index < -0.39 is 4.92 Å². The van der Waals surface area contributed by atoms with E-state index in [0.717, 1.165) is 28.7 Å². The predicted molar refractivity (Wildman–Crippen MR) is 116 cm³/mol. The summed E-state index contributed by atoms with van der Waals surface area (Å²) in [7, 11) is 0. The summed E-state index contributed by atoms with van der Waals surface area (Å²) in [6.07, 6.45) is 3.08. The highest BCUT2D eigenvalue weighted by Crippen LogP contribution is 2.26. The van der Waals surface area contributed by atoms with Crippen LogP contribution >= 0.6 is 23.1 Å². The van der Waals surface area contributed by atoms with E-state index in [1.165, 1.54) is 24.3 Å². The summed E-state index contributed by atoms with van der Waals surface area (Å²) < 4.78 is 0.506. The van der Waals surface area contributed by atoms with Crippen LogP contribution in [0.1, 0.15) is 5.56 Å². The molecule has 1 heterocycles. The van der Waals surface area contributed by atoms with Crippen molar-refractivity contribution in [3.05, 3.63) is 76.4 Å². The van der Waals surface area contributed by atoms with E-state index in [9.17, 15) is 19.7 Å². The van der Waals surface area contributed by atoms with E-state index >= 15 is 0 Å². The molecule has 3 rings (SSSR count). The van der Waals surface area contributed by atoms with Crippen LogP contribution in [0.2, 0.25) is 0 Å². The minimum atomic E-state index is -0.531. The predicted octanol–water partition coefficient (Wildman–Crippen LogP) is 3.83. The second-order valence-electron chi connectivity index (χ2n) is 5.75. The Bertz CT molecular complexity index is 1090. The van der Waals surface area contributed by atoms with Gasteiger partial charge in [-0.15, -0.1) is 10.2 Å². The van der Waals surface area contributed by atoms with Gasteiger partial charge >= 0.3 is 0 Å². The van der Waals surface area contributed by atoms with Crippen LogP contribution in [0.3, 0.4) is 0 Å². The normalized spacial score (nSPS) is 10.7. The first kappa shape index (κ1) is 21.1. The monoisotopic (exact) mass is 441 g/mol. The van der Waals surface area contributed by atoms with Gasteiger partial charge in [-0.05, 0) is 17.7 Å². The lowest BCUT2D eigenvalue weighted by Gasteiger charge is -2.03. The number of nitro groups is 1. The van der Waals surface area contributed by atoms with Crippen LogP contribution in [0.5, 0.6) is 0 Å². The molecule has 0 atom stereocenters. The average molecular weight is 441 g/mol. The van der Waals surface area contributed by atoms with Gasteiger partial charge in [0.2, 0.25) is 16.9 Å². The average Bonchev–Trinajstić information content (AvgIpc) is 3.19. The van der Waals surface area contributed by atoms with Gasteiger partial charge in [0.05, 0.1) is 10.7 Å². The zero-order chi connectivity index (χ0) is 21.3. The third kappa shape index (κ3) is 6.50. The van der Waals surface area contributed by atoms with E-state index in [2.05, 4.69) is 20.8 Å². The van der Waals surface area contributed by atoms with Crippen LogP contribution in [0, 0.1) is 10.1 Å². The van der Waals surface area contributed by atoms with Gasteiger partial charge in [-0.3, -0.25) is 25.0 Å². The van der Waals surface area contributed by atoms with Crippen molar-refractivity contribution in [2.45, 2.75) is 4.34 Å². The summed E-state index contributed by atoms with van der Waals surface area (Å²) >= 11 is 2.29. The maximum absolute atomic E-state index is 12.0. The molecule has 2 amide bonds. The molecule has 152 valence electrons. The van der Waals surface area contributed by atoms with E-state index in [-0.39, 0.29) is 23.3 Å². The van der Waals surface area contributed by atoms with Crippen molar-refractivity contribution in [3.63, 3.8) is 0 Å². The maximum Gasteiger partial charge on any atom is 0.271 e. The van der Waals surface area contributed by atoms with Crippen molar-refractivity contribution < 1.29 is 14.5 Å². The Labute approximate surface area is 179 Å². The third-order valence-electron chi connectivity index (χ3n) is 3.53. The van der Waals surface area contributed by atoms with Crippen molar-refractivity contribution in [1.29, 1.82) is 0 Å². The third-order valence-corrected chi connectivity index (χ3v) is 5.50. The van der Waals surface area contributed by atoms with Gasteiger partial charge in [0.15, 0.2) is 4.34 Å². The number of non-ortho nitro benzene ring substituents is 1. The molecule has 0 spiro atoms. The van der Waals surface area contributed by atoms with Gasteiger partial charge in [-0.25, -0.2) is 0 Å². The van der Waals surface area contributed by atoms with Gasteiger partial charge in [0, 0.05) is 23.9 Å². The molecule has 0 aliphatic carbocycles. The molecule has 0 fully saturated rings. The van der Waals surface area contributed by atoms with Crippen LogP contribution in [-0.4, -0.2) is 32.7 Å². The Kier molecular flexibility index (Phi) is 7.24. The number of amides is 2. The lowest BCUT2D eigenvalue weighted by Crippen LogP contribution is -2.14. The number of carbonyl (C=O) groups is 2. The Morgan fingerprint density at radius 3 is 2.67 bits per heavy atom. The van der Waals surface area contributed by atoms with E-state index in [0.29, 0.717) is 15.2 Å². The highest BCUT2D eigenvalue weighted by Gasteiger charge is 2.11. The number of nitro benzene ring substituents is 1. The maximum atomic E-state index is 12.0. The smallest absolute Gasteiger partial charge is 0.271 e. The summed E-state index contributed by atoms with van der Waals surface area (Å²) in [5.74, 6) is -0.638. The van der Waals surface area contributed by atoms with Gasteiger partial charge in [-0.1, -0.05) is 59.5 Å². The van der Waals surface area contributed by atoms with Crippen molar-refractivity contribution in [3.8, 4) is 0 Å². The summed E-state index contributed by atoms with van der Waals surface area (Å²) in [4.78, 5) is 34.3. The second kappa shape index (κ2) is 10.3. The minimum absolute atomic E-state index is 0.0409. The van der Waals surface area contributed by atoms with Crippen LogP contribution in [-0.2, 0) is 9.59 Å². The molecule has 1 aromatic heterocycles. The number of thioether (sulfide) groups is 1. The molecule has 9 nitrogen and oxygen atoms in total. The summed E-state index contributed by atoms with van der Waals surface area (Å²) in [5.41, 5.74) is 1.13. The molecule has 0 radical (unpaired) electrons. The number of nitrogens with zero attached hydrogens (tertiary/aromatic N) is 3. The molecule has 0 bridgehead atoms. The number of anilines is 2. The number of hydrogen-bond donors (Lipinski definition) is 2. The van der Waals surface area contributed by atoms with E-state index in [1.54, 1.807) is 12.1 Å². The fraction of sp³-hybridized carbons (Fsp3) is 0.0526. The molecular weight excluding hydrogens is 426 g/mol. The second-order valence-corrected chi connectivity index (χ2v) is 7.95. The number of aromatic nitrogens is 2. The number of hydrogen-bond acceptors (Lipinski definition) is 8. The van der Waals surface area contributed by atoms with Gasteiger partial charge < -0.3 is 5.32 Å². The fourth-order valence-electron chi connectivity index (χ4n) is 2.22. The van der Waals surface area contributed by atoms with Crippen molar-refractivity contribution in [2.24, 2.45) is 0 Å². The standard InChI is InChI=1S/C19H15N5O4S2/c25-16(10-9-13-5-2-1-3-6-13)21-18-22-23-19(30-18)29-12-17(26)20-14-7-4-8-15(11-14)24(27)28/h1-11H,12H2,(H,20,26)(H,21,22,25). The number of benzene rings is 2. The Morgan fingerprint density at radius 1 is 1.10 bits per heavy atom. The first-order valence-electron chi connectivity index (χ1n) is 8.54. The lowest BCUT2D eigenvalue weighted by molar-refractivity contribution is -0.384. The molecular formula is C19H15N5O4S2. The molecule has 3 aromatic rings. The summed E-state index contributed by atoms with van der Waals surface area (Å²) in [5, 5.41) is 24.1. The molecule has 0 aliphatic rings. The molecule has 11 heteroatoms. The zero-order valence-corrected chi connectivity index (χ0v) is 17.0. The highest BCUT2D eigenvalue weighted by molar-refractivity contribution is 8.01. The lowest BCUT2D eigenvalue weighted by atomic mass is 10.2. The van der Waals surface area contributed by atoms with Crippen LogP contribution < -0.4 is 10.6 Å². The summed E-state index contributed by atoms with van der Waals surface area (Å²) in [6, 6.07) is 15.1. The van der Waals surface area contributed by atoms with E-state index in [4.69, 9.17) is 0 Å². The Balaban J connectivity index is 1.47. The Morgan fingerprint density at radius 2 is 1.90 bits per heavy atom. The first-order chi connectivity index (χ1) is 14.5. The Hall–Kier alpha value is -3.57. The fourth-order valence-corrected chi connectivity index (χ4v) is 3.78. The van der Waals surface area contributed by atoms with Crippen LogP contribution in [0.25, 0.3) is 6.08 Å². The van der Waals surface area contributed by atoms with Crippen LogP contribution in [0.15, 0.2) is 65.0 Å². The number of carbonyl (C=O) groups excluding carboxylic acids is 2. The van der Waals surface area contributed by atoms with Crippen LogP contribution in [0.4, 0.5) is 16.5 Å². The minimum Gasteiger partial charge on any atom is -0.325 e. The first-order valence-corrected chi connectivity index (χ1v) is 10.3.